The van der Waals surface area contributed by atoms with Crippen LogP contribution in [0.1, 0.15) is 49.5 Å². The van der Waals surface area contributed by atoms with Crippen molar-refractivity contribution < 1.29 is 17.9 Å². The molecule has 0 radical (unpaired) electrons. The molecule has 0 amide bonds. The number of rotatable bonds is 6. The Morgan fingerprint density at radius 1 is 0.774 bits per heavy atom. The van der Waals surface area contributed by atoms with E-state index < -0.39 is 9.84 Å². The summed E-state index contributed by atoms with van der Waals surface area (Å²) in [7, 11) is -3.00. The molecule has 3 aromatic rings. The second-order valence-corrected chi connectivity index (χ2v) is 8.96. The van der Waals surface area contributed by atoms with Gasteiger partial charge in [0.15, 0.2) is 15.6 Å². The van der Waals surface area contributed by atoms with E-state index in [1.165, 1.54) is 19.1 Å². The molecule has 0 aliphatic carbocycles. The van der Waals surface area contributed by atoms with Gasteiger partial charge in [-0.05, 0) is 48.9 Å². The molecule has 166 valence electrons. The van der Waals surface area contributed by atoms with E-state index in [0.29, 0.717) is 17.1 Å². The van der Waals surface area contributed by atoms with Crippen molar-refractivity contribution in [3.8, 4) is 5.75 Å². The predicted molar refractivity (Wildman–Crippen MR) is 127 cm³/mol. The quantitative estimate of drug-likeness (QED) is 0.418. The largest absolute Gasteiger partial charge is 0.489 e. The molecule has 0 N–H and O–H groups in total. The van der Waals surface area contributed by atoms with Gasteiger partial charge in [0, 0.05) is 11.8 Å². The minimum absolute atomic E-state index is 0.0691. The fourth-order valence-corrected chi connectivity index (χ4v) is 2.85. The molecular weight excluding hydrogens is 408 g/mol. The van der Waals surface area contributed by atoms with Crippen LogP contribution in [0.4, 0.5) is 0 Å². The van der Waals surface area contributed by atoms with Crippen molar-refractivity contribution in [2.45, 2.75) is 45.1 Å². The molecule has 0 heterocycles. The topological polar surface area (TPSA) is 60.4 Å². The third-order valence-electron chi connectivity index (χ3n) is 4.18. The summed E-state index contributed by atoms with van der Waals surface area (Å²) in [5.41, 5.74) is 1.83. The lowest BCUT2D eigenvalue weighted by atomic mass is 10.1. The Balaban J connectivity index is 0.000000290. The molecule has 5 heteroatoms. The smallest absolute Gasteiger partial charge is 0.175 e. The zero-order chi connectivity index (χ0) is 23.1. The van der Waals surface area contributed by atoms with Gasteiger partial charge in [0.05, 0.1) is 4.90 Å². The molecular formula is C26H32O4S. The number of unbranched alkanes of at least 4 members (excludes halogenated alkanes) is 1. The number of hydrogen-bond donors (Lipinski definition) is 0. The SMILES string of the molecule is CC(=O)c1ccc(OCc2ccccc2)cc1.CCCC.CS(=O)(=O)c1ccccc1. The second kappa shape index (κ2) is 14.1. The minimum Gasteiger partial charge on any atom is -0.489 e. The summed E-state index contributed by atoms with van der Waals surface area (Å²) in [6.07, 6.45) is 3.84. The first-order valence-corrected chi connectivity index (χ1v) is 12.2. The second-order valence-electron chi connectivity index (χ2n) is 6.94. The van der Waals surface area contributed by atoms with E-state index in [1.807, 2.05) is 42.5 Å². The minimum atomic E-state index is -3.00. The summed E-state index contributed by atoms with van der Waals surface area (Å²) in [6, 6.07) is 25.5. The average Bonchev–Trinajstić information content (AvgIpc) is 2.79. The molecule has 0 atom stereocenters. The van der Waals surface area contributed by atoms with E-state index in [9.17, 15) is 13.2 Å². The van der Waals surface area contributed by atoms with Crippen LogP contribution >= 0.6 is 0 Å². The van der Waals surface area contributed by atoms with E-state index in [-0.39, 0.29) is 5.78 Å². The lowest BCUT2D eigenvalue weighted by Gasteiger charge is -2.06. The number of benzene rings is 3. The van der Waals surface area contributed by atoms with E-state index in [1.54, 1.807) is 49.4 Å². The summed E-state index contributed by atoms with van der Waals surface area (Å²) in [5.74, 6) is 0.846. The van der Waals surface area contributed by atoms with Crippen molar-refractivity contribution in [3.63, 3.8) is 0 Å². The number of carbonyl (C=O) groups is 1. The van der Waals surface area contributed by atoms with Crippen LogP contribution in [0.15, 0.2) is 89.8 Å². The molecule has 3 rings (SSSR count). The summed E-state index contributed by atoms with van der Waals surface area (Å²) in [5, 5.41) is 0. The number of sulfone groups is 1. The van der Waals surface area contributed by atoms with Crippen LogP contribution in [-0.2, 0) is 16.4 Å². The third-order valence-corrected chi connectivity index (χ3v) is 5.31. The van der Waals surface area contributed by atoms with E-state index in [2.05, 4.69) is 13.8 Å². The van der Waals surface area contributed by atoms with Gasteiger partial charge >= 0.3 is 0 Å². The van der Waals surface area contributed by atoms with Gasteiger partial charge in [0.25, 0.3) is 0 Å². The average molecular weight is 441 g/mol. The Morgan fingerprint density at radius 3 is 1.65 bits per heavy atom. The number of ether oxygens (including phenoxy) is 1. The summed E-state index contributed by atoms with van der Waals surface area (Å²) in [6.45, 7) is 6.46. The lowest BCUT2D eigenvalue weighted by molar-refractivity contribution is 0.101. The van der Waals surface area contributed by atoms with Gasteiger partial charge in [-0.25, -0.2) is 8.42 Å². The Kier molecular flexibility index (Phi) is 11.9. The molecule has 0 saturated heterocycles. The van der Waals surface area contributed by atoms with Crippen LogP contribution in [-0.4, -0.2) is 20.5 Å². The van der Waals surface area contributed by atoms with E-state index in [0.717, 1.165) is 11.3 Å². The molecule has 0 saturated carbocycles. The van der Waals surface area contributed by atoms with Gasteiger partial charge in [-0.15, -0.1) is 0 Å². The summed E-state index contributed by atoms with van der Waals surface area (Å²) >= 11 is 0. The highest BCUT2D eigenvalue weighted by atomic mass is 32.2. The molecule has 4 nitrogen and oxygen atoms in total. The zero-order valence-electron chi connectivity index (χ0n) is 18.7. The van der Waals surface area contributed by atoms with Crippen molar-refractivity contribution in [3.05, 3.63) is 96.1 Å². The summed E-state index contributed by atoms with van der Waals surface area (Å²) < 4.78 is 27.3. The molecule has 0 unspecified atom stereocenters. The maximum Gasteiger partial charge on any atom is 0.175 e. The fraction of sp³-hybridized carbons (Fsp3) is 0.269. The highest BCUT2D eigenvalue weighted by Gasteiger charge is 2.03. The third kappa shape index (κ3) is 11.2. The highest BCUT2D eigenvalue weighted by Crippen LogP contribution is 2.14. The number of Topliss-reactive ketones (excluding diaryl/α,β-unsaturated/α-hetero) is 1. The van der Waals surface area contributed by atoms with Gasteiger partial charge < -0.3 is 4.74 Å². The molecule has 0 fully saturated rings. The maximum atomic E-state index is 11.1. The van der Waals surface area contributed by atoms with E-state index in [4.69, 9.17) is 4.74 Å². The number of ketones is 1. The highest BCUT2D eigenvalue weighted by molar-refractivity contribution is 7.90. The van der Waals surface area contributed by atoms with Crippen molar-refractivity contribution in [1.29, 1.82) is 0 Å². The number of carbonyl (C=O) groups excluding carboxylic acids is 1. The molecule has 0 aliphatic heterocycles. The Bertz CT molecular complexity index is 979. The van der Waals surface area contributed by atoms with Crippen LogP contribution in [0, 0.1) is 0 Å². The molecule has 0 spiro atoms. The van der Waals surface area contributed by atoms with Crippen molar-refractivity contribution in [2.75, 3.05) is 6.26 Å². The van der Waals surface area contributed by atoms with Gasteiger partial charge in [-0.3, -0.25) is 4.79 Å². The molecule has 0 aliphatic rings. The normalized spacial score (nSPS) is 10.1. The van der Waals surface area contributed by atoms with Crippen LogP contribution in [0.3, 0.4) is 0 Å². The van der Waals surface area contributed by atoms with E-state index >= 15 is 0 Å². The van der Waals surface area contributed by atoms with Gasteiger partial charge in [0.2, 0.25) is 0 Å². The Labute approximate surface area is 186 Å². The zero-order valence-corrected chi connectivity index (χ0v) is 19.6. The van der Waals surface area contributed by atoms with Gasteiger partial charge in [-0.1, -0.05) is 75.2 Å². The van der Waals surface area contributed by atoms with Gasteiger partial charge in [0.1, 0.15) is 12.4 Å². The molecule has 3 aromatic carbocycles. The molecule has 0 aromatic heterocycles. The number of hydrogen-bond acceptors (Lipinski definition) is 4. The van der Waals surface area contributed by atoms with Crippen LogP contribution in [0.5, 0.6) is 5.75 Å². The van der Waals surface area contributed by atoms with Crippen LogP contribution in [0.25, 0.3) is 0 Å². The first-order valence-electron chi connectivity index (χ1n) is 10.3. The summed E-state index contributed by atoms with van der Waals surface area (Å²) in [4.78, 5) is 11.5. The first-order chi connectivity index (χ1) is 14.8. The monoisotopic (exact) mass is 440 g/mol. The maximum absolute atomic E-state index is 11.1. The van der Waals surface area contributed by atoms with Gasteiger partial charge in [-0.2, -0.15) is 0 Å². The van der Waals surface area contributed by atoms with Crippen molar-refractivity contribution in [1.82, 2.24) is 0 Å². The lowest BCUT2D eigenvalue weighted by Crippen LogP contribution is -1.96. The fourth-order valence-electron chi connectivity index (χ4n) is 2.19. The first kappa shape index (κ1) is 26.1. The molecule has 0 bridgehead atoms. The predicted octanol–water partition coefficient (Wildman–Crippen LogP) is 6.36. The van der Waals surface area contributed by atoms with Crippen LogP contribution < -0.4 is 4.74 Å². The van der Waals surface area contributed by atoms with Crippen LogP contribution in [0.2, 0.25) is 0 Å². The van der Waals surface area contributed by atoms with Crippen molar-refractivity contribution >= 4 is 15.6 Å². The van der Waals surface area contributed by atoms with Crippen molar-refractivity contribution in [2.24, 2.45) is 0 Å². The standard InChI is InChI=1S/C15H14O2.C7H8O2S.C4H10/c1-12(16)14-7-9-15(10-8-14)17-11-13-5-3-2-4-6-13;1-10(8,9)7-5-3-2-4-6-7;1-3-4-2/h2-10H,11H2,1H3;2-6H,1H3;3-4H2,1-2H3. The Hall–Kier alpha value is -2.92. The Morgan fingerprint density at radius 2 is 1.26 bits per heavy atom. The molecule has 31 heavy (non-hydrogen) atoms.